The summed E-state index contributed by atoms with van der Waals surface area (Å²) < 4.78 is 23.1. The fourth-order valence-electron chi connectivity index (χ4n) is 5.50. The fourth-order valence-corrected chi connectivity index (χ4v) is 5.65. The van der Waals surface area contributed by atoms with Crippen LogP contribution < -0.4 is 11.5 Å². The Bertz CT molecular complexity index is 1450. The topological polar surface area (TPSA) is 125 Å². The molecule has 3 atom stereocenters. The van der Waals surface area contributed by atoms with E-state index in [2.05, 4.69) is 19.5 Å². The minimum absolute atomic E-state index is 0.117. The highest BCUT2D eigenvalue weighted by Gasteiger charge is 2.39. The van der Waals surface area contributed by atoms with Gasteiger partial charge in [-0.3, -0.25) is 0 Å². The summed E-state index contributed by atoms with van der Waals surface area (Å²) in [5.74, 6) is -0.878. The Morgan fingerprint density at radius 1 is 1.14 bits per heavy atom. The molecule has 5 rings (SSSR count). The van der Waals surface area contributed by atoms with Crippen LogP contribution in [0.15, 0.2) is 30.6 Å². The summed E-state index contributed by atoms with van der Waals surface area (Å²) in [6.45, 7) is 5.31. The molecular weight excluding hydrogens is 483 g/mol. The summed E-state index contributed by atoms with van der Waals surface area (Å²) in [4.78, 5) is 12.9. The lowest BCUT2D eigenvalue weighted by molar-refractivity contribution is -0.212. The SMILES string of the molecule is Cc1cc2c(N)ncnc2n1C1CC(CCc2cc(F)c3cc(Cl)c(N)nc3c2)[C@@H](OC(C)(C)O)C1. The van der Waals surface area contributed by atoms with Gasteiger partial charge in [-0.25, -0.2) is 19.3 Å². The lowest BCUT2D eigenvalue weighted by Gasteiger charge is -2.27. The second-order valence-electron chi connectivity index (χ2n) is 10.2. The van der Waals surface area contributed by atoms with Gasteiger partial charge < -0.3 is 25.9 Å². The minimum atomic E-state index is -1.27. The van der Waals surface area contributed by atoms with Gasteiger partial charge in [0, 0.05) is 17.1 Å². The van der Waals surface area contributed by atoms with Crippen molar-refractivity contribution < 1.29 is 14.2 Å². The third-order valence-electron chi connectivity index (χ3n) is 6.99. The van der Waals surface area contributed by atoms with E-state index in [0.717, 1.165) is 35.1 Å². The molecule has 0 spiro atoms. The third kappa shape index (κ3) is 4.70. The van der Waals surface area contributed by atoms with Crippen molar-refractivity contribution in [1.82, 2.24) is 19.5 Å². The molecule has 2 unspecified atom stereocenters. The first-order chi connectivity index (χ1) is 17.0. The van der Waals surface area contributed by atoms with Gasteiger partial charge in [0.2, 0.25) is 0 Å². The monoisotopic (exact) mass is 512 g/mol. The van der Waals surface area contributed by atoms with Crippen molar-refractivity contribution in [2.45, 2.75) is 64.4 Å². The zero-order valence-corrected chi connectivity index (χ0v) is 21.3. The molecular formula is C26H30ClFN6O2. The van der Waals surface area contributed by atoms with Crippen LogP contribution in [0.3, 0.4) is 0 Å². The number of nitrogens with zero attached hydrogens (tertiary/aromatic N) is 4. The van der Waals surface area contributed by atoms with Crippen LogP contribution >= 0.6 is 11.6 Å². The molecule has 8 nitrogen and oxygen atoms in total. The van der Waals surface area contributed by atoms with E-state index in [0.29, 0.717) is 29.6 Å². The molecule has 10 heteroatoms. The Hall–Kier alpha value is -3.01. The number of hydrogen-bond donors (Lipinski definition) is 3. The molecule has 3 aromatic heterocycles. The summed E-state index contributed by atoms with van der Waals surface area (Å²) >= 11 is 6.02. The van der Waals surface area contributed by atoms with Crippen molar-refractivity contribution in [2.75, 3.05) is 11.5 Å². The molecule has 0 aliphatic heterocycles. The van der Waals surface area contributed by atoms with E-state index in [1.165, 1.54) is 18.5 Å². The van der Waals surface area contributed by atoms with E-state index in [9.17, 15) is 9.50 Å². The summed E-state index contributed by atoms with van der Waals surface area (Å²) in [6, 6.07) is 7.01. The number of rotatable bonds is 6. The van der Waals surface area contributed by atoms with E-state index in [4.69, 9.17) is 27.8 Å². The van der Waals surface area contributed by atoms with Gasteiger partial charge in [-0.2, -0.15) is 0 Å². The quantitative estimate of drug-likeness (QED) is 0.312. The number of hydrogen-bond acceptors (Lipinski definition) is 7. The lowest BCUT2D eigenvalue weighted by atomic mass is 9.95. The van der Waals surface area contributed by atoms with E-state index in [1.54, 1.807) is 13.8 Å². The van der Waals surface area contributed by atoms with Gasteiger partial charge in [0.05, 0.1) is 22.0 Å². The highest BCUT2D eigenvalue weighted by Crippen LogP contribution is 2.43. The molecule has 36 heavy (non-hydrogen) atoms. The summed E-state index contributed by atoms with van der Waals surface area (Å²) in [7, 11) is 0. The second-order valence-corrected chi connectivity index (χ2v) is 10.6. The summed E-state index contributed by atoms with van der Waals surface area (Å²) in [5, 5.41) is 11.8. The molecule has 1 saturated carbocycles. The van der Waals surface area contributed by atoms with Gasteiger partial charge in [0.1, 0.15) is 29.4 Å². The molecule has 5 N–H and O–H groups in total. The number of nitrogens with two attached hydrogens (primary N) is 2. The standard InChI is InChI=1S/C26H30ClFN6O2/c1-13-6-18-23(29)31-12-32-25(18)34(13)16-9-15(22(10-16)36-26(2,3)35)5-4-14-7-20(28)17-11-19(27)24(30)33-21(17)8-14/h6-8,11-12,15-16,22,35H,4-5,9-10H2,1-3H3,(H2,30,33)(H2,29,31,32)/t15?,16?,22-/m0/s1. The number of pyridine rings is 1. The average Bonchev–Trinajstić information content (AvgIpc) is 3.32. The normalized spacial score (nSPS) is 20.6. The van der Waals surface area contributed by atoms with Gasteiger partial charge in [-0.1, -0.05) is 11.6 Å². The predicted molar refractivity (Wildman–Crippen MR) is 139 cm³/mol. The van der Waals surface area contributed by atoms with E-state index in [-0.39, 0.29) is 34.7 Å². The van der Waals surface area contributed by atoms with Gasteiger partial charge in [0.25, 0.3) is 0 Å². The van der Waals surface area contributed by atoms with Gasteiger partial charge >= 0.3 is 0 Å². The van der Waals surface area contributed by atoms with Crippen LogP contribution in [0.4, 0.5) is 16.0 Å². The third-order valence-corrected chi connectivity index (χ3v) is 7.30. The molecule has 0 saturated heterocycles. The van der Waals surface area contributed by atoms with Gasteiger partial charge in [-0.05, 0) is 82.2 Å². The maximum absolute atomic E-state index is 14.8. The molecule has 1 aliphatic carbocycles. The Balaban J connectivity index is 1.41. The largest absolute Gasteiger partial charge is 0.383 e. The van der Waals surface area contributed by atoms with Crippen molar-refractivity contribution in [3.63, 3.8) is 0 Å². The van der Waals surface area contributed by atoms with Crippen LogP contribution in [-0.2, 0) is 11.2 Å². The lowest BCUT2D eigenvalue weighted by Crippen LogP contribution is -2.32. The summed E-state index contributed by atoms with van der Waals surface area (Å²) in [5.41, 5.74) is 15.1. The Morgan fingerprint density at radius 2 is 1.92 bits per heavy atom. The zero-order chi connectivity index (χ0) is 25.8. The van der Waals surface area contributed by atoms with Crippen LogP contribution in [0.2, 0.25) is 5.02 Å². The molecule has 0 amide bonds. The van der Waals surface area contributed by atoms with Crippen molar-refractivity contribution in [3.8, 4) is 0 Å². The first-order valence-electron chi connectivity index (χ1n) is 12.0. The first kappa shape index (κ1) is 24.7. The smallest absolute Gasteiger partial charge is 0.160 e. The van der Waals surface area contributed by atoms with E-state index < -0.39 is 5.79 Å². The van der Waals surface area contributed by atoms with Crippen molar-refractivity contribution in [1.29, 1.82) is 0 Å². The molecule has 4 aromatic rings. The second kappa shape index (κ2) is 9.14. The average molecular weight is 513 g/mol. The van der Waals surface area contributed by atoms with Crippen molar-refractivity contribution >= 4 is 45.2 Å². The zero-order valence-electron chi connectivity index (χ0n) is 20.5. The number of benzene rings is 1. The number of aryl methyl sites for hydroxylation is 2. The number of aliphatic hydroxyl groups is 1. The predicted octanol–water partition coefficient (Wildman–Crippen LogP) is 4.94. The maximum Gasteiger partial charge on any atom is 0.160 e. The number of aromatic nitrogens is 4. The molecule has 1 fully saturated rings. The Kier molecular flexibility index (Phi) is 6.26. The molecule has 1 aromatic carbocycles. The van der Waals surface area contributed by atoms with Crippen LogP contribution in [0.1, 0.15) is 50.4 Å². The first-order valence-corrected chi connectivity index (χ1v) is 12.4. The molecule has 0 radical (unpaired) electrons. The highest BCUT2D eigenvalue weighted by atomic mass is 35.5. The Labute approximate surface area is 213 Å². The number of fused-ring (bicyclic) bond motifs is 2. The molecule has 1 aliphatic rings. The fraction of sp³-hybridized carbons (Fsp3) is 0.423. The van der Waals surface area contributed by atoms with Crippen LogP contribution in [0, 0.1) is 18.7 Å². The minimum Gasteiger partial charge on any atom is -0.383 e. The number of anilines is 2. The molecule has 0 bridgehead atoms. The van der Waals surface area contributed by atoms with Crippen molar-refractivity contribution in [2.24, 2.45) is 5.92 Å². The molecule has 190 valence electrons. The van der Waals surface area contributed by atoms with Crippen molar-refractivity contribution in [3.05, 3.63) is 52.7 Å². The number of halogens is 2. The van der Waals surface area contributed by atoms with E-state index in [1.807, 2.05) is 19.1 Å². The molecule has 3 heterocycles. The highest BCUT2D eigenvalue weighted by molar-refractivity contribution is 6.33. The van der Waals surface area contributed by atoms with Crippen LogP contribution in [0.5, 0.6) is 0 Å². The van der Waals surface area contributed by atoms with E-state index >= 15 is 0 Å². The maximum atomic E-state index is 14.8. The van der Waals surface area contributed by atoms with Gasteiger partial charge in [-0.15, -0.1) is 0 Å². The summed E-state index contributed by atoms with van der Waals surface area (Å²) in [6.07, 6.45) is 4.22. The number of ether oxygens (including phenoxy) is 1. The van der Waals surface area contributed by atoms with Gasteiger partial charge in [0.15, 0.2) is 5.79 Å². The Morgan fingerprint density at radius 3 is 2.67 bits per heavy atom. The number of nitrogen functional groups attached to an aromatic ring is 2. The van der Waals surface area contributed by atoms with Crippen LogP contribution in [0.25, 0.3) is 21.9 Å². The van der Waals surface area contributed by atoms with Crippen LogP contribution in [-0.4, -0.2) is 36.5 Å².